The van der Waals surface area contributed by atoms with E-state index in [0.29, 0.717) is 5.75 Å². The molecular formula is C13H15F3N2O2S. The third-order valence-corrected chi connectivity index (χ3v) is 3.30. The zero-order chi connectivity index (χ0) is 16.0. The van der Waals surface area contributed by atoms with Gasteiger partial charge in [-0.2, -0.15) is 24.9 Å². The number of halogens is 3. The number of hydrogen-bond acceptors (Lipinski definition) is 3. The smallest absolute Gasteiger partial charge is 0.345 e. The van der Waals surface area contributed by atoms with Gasteiger partial charge in [-0.1, -0.05) is 0 Å². The Balaban J connectivity index is 2.60. The Labute approximate surface area is 124 Å². The maximum absolute atomic E-state index is 12.4. The number of alkyl halides is 3. The summed E-state index contributed by atoms with van der Waals surface area (Å²) in [6.07, 6.45) is -2.57. The van der Waals surface area contributed by atoms with Gasteiger partial charge in [0.25, 0.3) is 0 Å². The van der Waals surface area contributed by atoms with Crippen molar-refractivity contribution in [2.75, 3.05) is 17.3 Å². The van der Waals surface area contributed by atoms with E-state index in [1.807, 2.05) is 6.26 Å². The van der Waals surface area contributed by atoms with Gasteiger partial charge in [0, 0.05) is 17.5 Å². The Morgan fingerprint density at radius 3 is 2.24 bits per heavy atom. The van der Waals surface area contributed by atoms with Gasteiger partial charge in [-0.3, -0.25) is 9.59 Å². The third kappa shape index (κ3) is 5.66. The summed E-state index contributed by atoms with van der Waals surface area (Å²) in [6.45, 7) is 1.75. The molecule has 8 heteroatoms. The molecule has 0 bridgehead atoms. The minimum Gasteiger partial charge on any atom is -0.345 e. The summed E-state index contributed by atoms with van der Waals surface area (Å²) >= 11 is 1.52. The Bertz CT molecular complexity index is 503. The van der Waals surface area contributed by atoms with Crippen molar-refractivity contribution in [2.45, 2.75) is 19.1 Å². The molecule has 0 aromatic heterocycles. The van der Waals surface area contributed by atoms with Crippen molar-refractivity contribution in [3.63, 3.8) is 0 Å². The fraction of sp³-hybridized carbons (Fsp3) is 0.385. The number of hydrogen-bond donors (Lipinski definition) is 2. The average Bonchev–Trinajstić information content (AvgIpc) is 2.38. The molecule has 1 aromatic carbocycles. The second kappa shape index (κ2) is 7.35. The number of carbonyl (C=O) groups is 2. The highest BCUT2D eigenvalue weighted by molar-refractivity contribution is 7.98. The van der Waals surface area contributed by atoms with Crippen LogP contribution in [0.3, 0.4) is 0 Å². The van der Waals surface area contributed by atoms with Crippen LogP contribution >= 0.6 is 11.8 Å². The number of amides is 2. The molecule has 0 spiro atoms. The van der Waals surface area contributed by atoms with E-state index in [1.54, 1.807) is 6.92 Å². The molecule has 0 radical (unpaired) electrons. The molecule has 0 unspecified atom stereocenters. The van der Waals surface area contributed by atoms with Crippen LogP contribution < -0.4 is 10.6 Å². The molecule has 0 aliphatic heterocycles. The Hall–Kier alpha value is -1.70. The van der Waals surface area contributed by atoms with Crippen molar-refractivity contribution in [1.82, 2.24) is 5.32 Å². The summed E-state index contributed by atoms with van der Waals surface area (Å²) in [5, 5.41) is 4.73. The molecule has 1 atom stereocenters. The molecular weight excluding hydrogens is 305 g/mol. The zero-order valence-electron chi connectivity index (χ0n) is 11.5. The van der Waals surface area contributed by atoms with Crippen molar-refractivity contribution in [2.24, 2.45) is 0 Å². The number of anilines is 1. The molecule has 0 fully saturated rings. The minimum absolute atomic E-state index is 0.126. The van der Waals surface area contributed by atoms with Crippen LogP contribution in [0.25, 0.3) is 0 Å². The summed E-state index contributed by atoms with van der Waals surface area (Å²) in [5.41, 5.74) is -0.695. The van der Waals surface area contributed by atoms with Crippen molar-refractivity contribution in [3.05, 3.63) is 29.8 Å². The number of thioether (sulfide) groups is 1. The molecule has 0 saturated heterocycles. The highest BCUT2D eigenvalue weighted by atomic mass is 32.2. The predicted molar refractivity (Wildman–Crippen MR) is 76.1 cm³/mol. The van der Waals surface area contributed by atoms with Gasteiger partial charge in [-0.15, -0.1) is 0 Å². The lowest BCUT2D eigenvalue weighted by Crippen LogP contribution is -2.41. The van der Waals surface area contributed by atoms with Gasteiger partial charge >= 0.3 is 18.0 Å². The van der Waals surface area contributed by atoms with Crippen molar-refractivity contribution >= 4 is 29.3 Å². The first-order chi connectivity index (χ1) is 9.74. The van der Waals surface area contributed by atoms with Crippen LogP contribution in [0.2, 0.25) is 0 Å². The van der Waals surface area contributed by atoms with Crippen molar-refractivity contribution in [1.29, 1.82) is 0 Å². The van der Waals surface area contributed by atoms with E-state index in [2.05, 4.69) is 10.6 Å². The first kappa shape index (κ1) is 17.4. The van der Waals surface area contributed by atoms with Gasteiger partial charge in [0.2, 0.25) is 0 Å². The first-order valence-electron chi connectivity index (χ1n) is 6.02. The summed E-state index contributed by atoms with van der Waals surface area (Å²) in [4.78, 5) is 23.1. The van der Waals surface area contributed by atoms with Crippen LogP contribution in [-0.2, 0) is 15.8 Å². The van der Waals surface area contributed by atoms with Crippen LogP contribution in [0, 0.1) is 0 Å². The van der Waals surface area contributed by atoms with Crippen LogP contribution in [0.15, 0.2) is 24.3 Å². The molecule has 2 amide bonds. The van der Waals surface area contributed by atoms with E-state index in [9.17, 15) is 22.8 Å². The van der Waals surface area contributed by atoms with Gasteiger partial charge in [0.1, 0.15) is 0 Å². The molecule has 1 aromatic rings. The molecule has 1 rings (SSSR count). The highest BCUT2D eigenvalue weighted by Crippen LogP contribution is 2.29. The quantitative estimate of drug-likeness (QED) is 0.838. The lowest BCUT2D eigenvalue weighted by Gasteiger charge is -2.12. The predicted octanol–water partition coefficient (Wildman–Crippen LogP) is 2.51. The Kier molecular flexibility index (Phi) is 6.07. The number of benzene rings is 1. The van der Waals surface area contributed by atoms with E-state index < -0.39 is 23.6 Å². The maximum atomic E-state index is 12.4. The minimum atomic E-state index is -4.44. The van der Waals surface area contributed by atoms with E-state index in [1.165, 1.54) is 11.8 Å². The number of carbonyl (C=O) groups excluding carboxylic acids is 2. The monoisotopic (exact) mass is 320 g/mol. The van der Waals surface area contributed by atoms with Crippen LogP contribution in [0.1, 0.15) is 12.5 Å². The van der Waals surface area contributed by atoms with Crippen LogP contribution in [-0.4, -0.2) is 29.9 Å². The standard InChI is InChI=1S/C13H15F3N2O2S/c1-8(7-21-2)17-11(19)12(20)18-10-5-3-9(4-6-10)13(14,15)16/h3-6,8H,7H2,1-2H3,(H,17,19)(H,18,20)/t8-/m0/s1. The largest absolute Gasteiger partial charge is 0.416 e. The summed E-state index contributed by atoms with van der Waals surface area (Å²) in [5.74, 6) is -1.08. The van der Waals surface area contributed by atoms with E-state index in [0.717, 1.165) is 24.3 Å². The fourth-order valence-electron chi connectivity index (χ4n) is 1.51. The van der Waals surface area contributed by atoms with Gasteiger partial charge < -0.3 is 10.6 Å². The SMILES string of the molecule is CSC[C@H](C)NC(=O)C(=O)Nc1ccc(C(F)(F)F)cc1. The summed E-state index contributed by atoms with van der Waals surface area (Å²) in [7, 11) is 0. The number of nitrogens with one attached hydrogen (secondary N) is 2. The number of rotatable bonds is 4. The lowest BCUT2D eigenvalue weighted by molar-refractivity contribution is -0.137. The van der Waals surface area contributed by atoms with Crippen LogP contribution in [0.5, 0.6) is 0 Å². The topological polar surface area (TPSA) is 58.2 Å². The summed E-state index contributed by atoms with van der Waals surface area (Å²) in [6, 6.07) is 3.69. The summed E-state index contributed by atoms with van der Waals surface area (Å²) < 4.78 is 37.1. The van der Waals surface area contributed by atoms with Gasteiger partial charge in [-0.05, 0) is 37.4 Å². The Morgan fingerprint density at radius 2 is 1.76 bits per heavy atom. The lowest BCUT2D eigenvalue weighted by atomic mass is 10.2. The van der Waals surface area contributed by atoms with E-state index >= 15 is 0 Å². The van der Waals surface area contributed by atoms with Crippen molar-refractivity contribution in [3.8, 4) is 0 Å². The second-order valence-electron chi connectivity index (χ2n) is 4.36. The molecule has 0 saturated carbocycles. The molecule has 0 heterocycles. The van der Waals surface area contributed by atoms with Gasteiger partial charge in [0.05, 0.1) is 5.56 Å². The zero-order valence-corrected chi connectivity index (χ0v) is 12.3. The normalized spacial score (nSPS) is 12.6. The fourth-order valence-corrected chi connectivity index (χ4v) is 2.09. The average molecular weight is 320 g/mol. The highest BCUT2D eigenvalue weighted by Gasteiger charge is 2.30. The van der Waals surface area contributed by atoms with Gasteiger partial charge in [-0.25, -0.2) is 0 Å². The third-order valence-electron chi connectivity index (χ3n) is 2.47. The first-order valence-corrected chi connectivity index (χ1v) is 7.41. The van der Waals surface area contributed by atoms with Crippen LogP contribution in [0.4, 0.5) is 18.9 Å². The van der Waals surface area contributed by atoms with E-state index in [-0.39, 0.29) is 11.7 Å². The second-order valence-corrected chi connectivity index (χ2v) is 5.27. The molecule has 116 valence electrons. The molecule has 0 aliphatic rings. The van der Waals surface area contributed by atoms with Crippen molar-refractivity contribution < 1.29 is 22.8 Å². The van der Waals surface area contributed by atoms with E-state index in [4.69, 9.17) is 0 Å². The molecule has 4 nitrogen and oxygen atoms in total. The maximum Gasteiger partial charge on any atom is 0.416 e. The molecule has 2 N–H and O–H groups in total. The van der Waals surface area contributed by atoms with Gasteiger partial charge in [0.15, 0.2) is 0 Å². The molecule has 0 aliphatic carbocycles. The Morgan fingerprint density at radius 1 is 1.19 bits per heavy atom. The molecule has 21 heavy (non-hydrogen) atoms.